The first-order valence-corrected chi connectivity index (χ1v) is 5.28. The van der Waals surface area contributed by atoms with Gasteiger partial charge in [-0.2, -0.15) is 0 Å². The molecule has 0 bridgehead atoms. The van der Waals surface area contributed by atoms with Crippen LogP contribution in [0, 0.1) is 0 Å². The van der Waals surface area contributed by atoms with Gasteiger partial charge in [-0.05, 0) is 25.0 Å². The van der Waals surface area contributed by atoms with Crippen LogP contribution in [-0.4, -0.2) is 12.1 Å². The zero-order valence-electron chi connectivity index (χ0n) is 7.54. The predicted molar refractivity (Wildman–Crippen MR) is 58.1 cm³/mol. The van der Waals surface area contributed by atoms with Crippen LogP contribution in [0.2, 0.25) is 10.0 Å². The molecule has 0 amide bonds. The highest BCUT2D eigenvalue weighted by molar-refractivity contribution is 6.42. The van der Waals surface area contributed by atoms with Crippen molar-refractivity contribution >= 4 is 23.2 Å². The number of benzene rings is 1. The van der Waals surface area contributed by atoms with Gasteiger partial charge in [0.25, 0.3) is 0 Å². The standard InChI is InChI=1S/C10H11Cl2NO/c11-8-2-1-3-9(10(8)12)14-7-4-6(13)5-7/h1-3,6-7H,4-5,13H2. The molecule has 0 aliphatic heterocycles. The topological polar surface area (TPSA) is 35.2 Å². The third kappa shape index (κ3) is 1.97. The van der Waals surface area contributed by atoms with E-state index in [4.69, 9.17) is 33.7 Å². The molecule has 0 heterocycles. The van der Waals surface area contributed by atoms with Crippen molar-refractivity contribution in [2.75, 3.05) is 0 Å². The molecule has 1 aliphatic rings. The second-order valence-corrected chi connectivity index (χ2v) is 4.31. The highest BCUT2D eigenvalue weighted by atomic mass is 35.5. The number of hydrogen-bond acceptors (Lipinski definition) is 2. The zero-order chi connectivity index (χ0) is 10.1. The normalized spacial score (nSPS) is 25.6. The summed E-state index contributed by atoms with van der Waals surface area (Å²) in [6.07, 6.45) is 1.98. The largest absolute Gasteiger partial charge is 0.489 e. The highest BCUT2D eigenvalue weighted by Gasteiger charge is 2.28. The van der Waals surface area contributed by atoms with Crippen LogP contribution in [0.15, 0.2) is 18.2 Å². The third-order valence-electron chi connectivity index (χ3n) is 2.34. The van der Waals surface area contributed by atoms with Gasteiger partial charge in [-0.25, -0.2) is 0 Å². The summed E-state index contributed by atoms with van der Waals surface area (Å²) >= 11 is 11.8. The summed E-state index contributed by atoms with van der Waals surface area (Å²) < 4.78 is 5.64. The first-order valence-electron chi connectivity index (χ1n) is 4.53. The molecule has 2 N–H and O–H groups in total. The van der Waals surface area contributed by atoms with Crippen LogP contribution in [0.3, 0.4) is 0 Å². The molecule has 0 unspecified atom stereocenters. The first kappa shape index (κ1) is 10.1. The van der Waals surface area contributed by atoms with Gasteiger partial charge in [0.15, 0.2) is 0 Å². The van der Waals surface area contributed by atoms with Crippen molar-refractivity contribution < 1.29 is 4.74 Å². The van der Waals surface area contributed by atoms with Crippen molar-refractivity contribution in [2.24, 2.45) is 5.73 Å². The lowest BCUT2D eigenvalue weighted by molar-refractivity contribution is 0.101. The first-order chi connectivity index (χ1) is 6.66. The average molecular weight is 232 g/mol. The van der Waals surface area contributed by atoms with E-state index in [1.165, 1.54) is 0 Å². The van der Waals surface area contributed by atoms with E-state index in [1.807, 2.05) is 12.1 Å². The van der Waals surface area contributed by atoms with Crippen molar-refractivity contribution in [1.82, 2.24) is 0 Å². The minimum atomic E-state index is 0.195. The van der Waals surface area contributed by atoms with E-state index in [0.29, 0.717) is 15.8 Å². The molecule has 2 rings (SSSR count). The fourth-order valence-electron chi connectivity index (χ4n) is 1.46. The lowest BCUT2D eigenvalue weighted by Gasteiger charge is -2.32. The summed E-state index contributed by atoms with van der Waals surface area (Å²) in [6.45, 7) is 0. The van der Waals surface area contributed by atoms with E-state index in [-0.39, 0.29) is 12.1 Å². The molecule has 1 saturated carbocycles. The lowest BCUT2D eigenvalue weighted by Crippen LogP contribution is -2.43. The molecule has 1 aromatic carbocycles. The second kappa shape index (κ2) is 3.97. The van der Waals surface area contributed by atoms with Crippen LogP contribution < -0.4 is 10.5 Å². The fourth-order valence-corrected chi connectivity index (χ4v) is 1.79. The summed E-state index contributed by atoms with van der Waals surface area (Å²) in [5.41, 5.74) is 5.65. The molecule has 14 heavy (non-hydrogen) atoms. The maximum absolute atomic E-state index is 5.97. The quantitative estimate of drug-likeness (QED) is 0.850. The minimum absolute atomic E-state index is 0.195. The van der Waals surface area contributed by atoms with Gasteiger partial charge in [-0.15, -0.1) is 0 Å². The van der Waals surface area contributed by atoms with Gasteiger partial charge in [-0.3, -0.25) is 0 Å². The van der Waals surface area contributed by atoms with Crippen molar-refractivity contribution in [1.29, 1.82) is 0 Å². The highest BCUT2D eigenvalue weighted by Crippen LogP contribution is 2.34. The summed E-state index contributed by atoms with van der Waals surface area (Å²) in [5, 5.41) is 1.00. The molecule has 1 aromatic rings. The molecule has 0 radical (unpaired) electrons. The van der Waals surface area contributed by atoms with Gasteiger partial charge in [0, 0.05) is 6.04 Å². The Balaban J connectivity index is 2.06. The molecular weight excluding hydrogens is 221 g/mol. The Morgan fingerprint density at radius 3 is 2.64 bits per heavy atom. The number of hydrogen-bond donors (Lipinski definition) is 1. The fraction of sp³-hybridized carbons (Fsp3) is 0.400. The van der Waals surface area contributed by atoms with E-state index in [0.717, 1.165) is 12.8 Å². The predicted octanol–water partition coefficient (Wildman–Crippen LogP) is 2.86. The number of rotatable bonds is 2. The minimum Gasteiger partial charge on any atom is -0.489 e. The Kier molecular flexibility index (Phi) is 2.86. The van der Waals surface area contributed by atoms with Crippen LogP contribution in [0.25, 0.3) is 0 Å². The maximum Gasteiger partial charge on any atom is 0.139 e. The molecule has 2 nitrogen and oxygen atoms in total. The summed E-state index contributed by atoms with van der Waals surface area (Å²) in [6, 6.07) is 5.65. The van der Waals surface area contributed by atoms with Crippen LogP contribution in [0.4, 0.5) is 0 Å². The van der Waals surface area contributed by atoms with E-state index in [2.05, 4.69) is 0 Å². The van der Waals surface area contributed by atoms with Gasteiger partial charge in [0.2, 0.25) is 0 Å². The average Bonchev–Trinajstić information content (AvgIpc) is 2.10. The number of halogens is 2. The van der Waals surface area contributed by atoms with E-state index < -0.39 is 0 Å². The molecule has 1 fully saturated rings. The van der Waals surface area contributed by atoms with E-state index >= 15 is 0 Å². The zero-order valence-corrected chi connectivity index (χ0v) is 9.05. The smallest absolute Gasteiger partial charge is 0.139 e. The van der Waals surface area contributed by atoms with Gasteiger partial charge in [0.1, 0.15) is 16.9 Å². The van der Waals surface area contributed by atoms with Gasteiger partial charge in [-0.1, -0.05) is 29.3 Å². The van der Waals surface area contributed by atoms with Crippen molar-refractivity contribution in [3.05, 3.63) is 28.2 Å². The van der Waals surface area contributed by atoms with Crippen LogP contribution in [0.5, 0.6) is 5.75 Å². The number of ether oxygens (including phenoxy) is 1. The van der Waals surface area contributed by atoms with Crippen molar-refractivity contribution in [2.45, 2.75) is 25.0 Å². The Morgan fingerprint density at radius 1 is 1.29 bits per heavy atom. The Hall–Kier alpha value is -0.440. The van der Waals surface area contributed by atoms with E-state index in [9.17, 15) is 0 Å². The molecule has 4 heteroatoms. The number of nitrogens with two attached hydrogens (primary N) is 1. The third-order valence-corrected chi connectivity index (χ3v) is 3.14. The van der Waals surface area contributed by atoms with Gasteiger partial charge >= 0.3 is 0 Å². The second-order valence-electron chi connectivity index (χ2n) is 3.52. The molecule has 0 spiro atoms. The summed E-state index contributed by atoms with van der Waals surface area (Å²) in [4.78, 5) is 0. The van der Waals surface area contributed by atoms with Crippen molar-refractivity contribution in [3.8, 4) is 5.75 Å². The Bertz CT molecular complexity index is 337. The van der Waals surface area contributed by atoms with Crippen LogP contribution >= 0.6 is 23.2 Å². The van der Waals surface area contributed by atoms with Gasteiger partial charge < -0.3 is 10.5 Å². The summed E-state index contributed by atoms with van der Waals surface area (Å²) in [5.74, 6) is 0.649. The van der Waals surface area contributed by atoms with E-state index in [1.54, 1.807) is 6.07 Å². The lowest BCUT2D eigenvalue weighted by atomic mass is 9.90. The monoisotopic (exact) mass is 231 g/mol. The molecule has 1 aliphatic carbocycles. The van der Waals surface area contributed by atoms with Gasteiger partial charge in [0.05, 0.1) is 5.02 Å². The van der Waals surface area contributed by atoms with Crippen LogP contribution in [-0.2, 0) is 0 Å². The molecule has 0 aromatic heterocycles. The van der Waals surface area contributed by atoms with Crippen molar-refractivity contribution in [3.63, 3.8) is 0 Å². The SMILES string of the molecule is NC1CC(Oc2cccc(Cl)c2Cl)C1. The molecule has 0 saturated heterocycles. The molecule has 0 atom stereocenters. The molecular formula is C10H11Cl2NO. The Morgan fingerprint density at radius 2 is 2.00 bits per heavy atom. The summed E-state index contributed by atoms with van der Waals surface area (Å²) in [7, 11) is 0. The molecule has 76 valence electrons. The Labute approximate surface area is 92.9 Å². The maximum atomic E-state index is 5.97. The van der Waals surface area contributed by atoms with Crippen LogP contribution in [0.1, 0.15) is 12.8 Å².